The molecule has 3 N–H and O–H groups in total. The van der Waals surface area contributed by atoms with Crippen LogP contribution in [0.2, 0.25) is 0 Å². The zero-order valence-corrected chi connectivity index (χ0v) is 11.5. The molecule has 5 nitrogen and oxygen atoms in total. The van der Waals surface area contributed by atoms with Gasteiger partial charge in [0.2, 0.25) is 0 Å². The van der Waals surface area contributed by atoms with E-state index >= 15 is 0 Å². The van der Waals surface area contributed by atoms with Gasteiger partial charge in [-0.25, -0.2) is 9.59 Å². The van der Waals surface area contributed by atoms with Gasteiger partial charge in [-0.05, 0) is 30.5 Å². The van der Waals surface area contributed by atoms with Gasteiger partial charge in [0.1, 0.15) is 6.04 Å². The van der Waals surface area contributed by atoms with Crippen LogP contribution in [0.1, 0.15) is 25.8 Å². The number of carboxylic acid groups (broad SMARTS) is 1. The van der Waals surface area contributed by atoms with E-state index in [4.69, 9.17) is 11.5 Å². The molecule has 0 aliphatic carbocycles. The smallest absolute Gasteiger partial charge is 0.326 e. The number of carboxylic acids is 1. The number of urea groups is 1. The van der Waals surface area contributed by atoms with Crippen LogP contribution in [0.15, 0.2) is 24.3 Å². The van der Waals surface area contributed by atoms with E-state index in [1.54, 1.807) is 24.3 Å². The van der Waals surface area contributed by atoms with Crippen LogP contribution in [0.4, 0.5) is 10.5 Å². The Bertz CT molecular complexity index is 532. The fourth-order valence-electron chi connectivity index (χ4n) is 1.71. The molecule has 0 aliphatic rings. The molecule has 1 atom stereocenters. The quantitative estimate of drug-likeness (QED) is 0.721. The molecule has 1 unspecified atom stereocenters. The number of carbonyl (C=O) groups is 2. The summed E-state index contributed by atoms with van der Waals surface area (Å²) in [5.74, 6) is 1.58. The zero-order valence-electron chi connectivity index (χ0n) is 11.5. The maximum Gasteiger partial charge on any atom is 0.326 e. The summed E-state index contributed by atoms with van der Waals surface area (Å²) in [6, 6.07) is 5.30. The normalized spacial score (nSPS) is 11.5. The van der Waals surface area contributed by atoms with Gasteiger partial charge in [0.05, 0.1) is 0 Å². The molecule has 106 valence electrons. The molecule has 0 radical (unpaired) electrons. The number of hydrogen-bond donors (Lipinski definition) is 3. The minimum atomic E-state index is -1.05. The molecule has 0 bridgehead atoms. The number of amides is 2. The molecule has 20 heavy (non-hydrogen) atoms. The van der Waals surface area contributed by atoms with Crippen molar-refractivity contribution in [3.63, 3.8) is 0 Å². The highest BCUT2D eigenvalue weighted by Crippen LogP contribution is 2.10. The summed E-state index contributed by atoms with van der Waals surface area (Å²) in [6.07, 6.45) is 5.64. The zero-order chi connectivity index (χ0) is 15.1. The van der Waals surface area contributed by atoms with Gasteiger partial charge >= 0.3 is 12.0 Å². The topological polar surface area (TPSA) is 78.4 Å². The number of benzene rings is 1. The van der Waals surface area contributed by atoms with E-state index in [-0.39, 0.29) is 5.92 Å². The Morgan fingerprint density at radius 1 is 1.40 bits per heavy atom. The second kappa shape index (κ2) is 7.19. The molecule has 0 fully saturated rings. The first-order valence-electron chi connectivity index (χ1n) is 6.29. The molecule has 0 saturated heterocycles. The number of aliphatic carboxylic acids is 1. The molecule has 1 rings (SSSR count). The van der Waals surface area contributed by atoms with Gasteiger partial charge < -0.3 is 15.7 Å². The molecule has 0 aromatic heterocycles. The van der Waals surface area contributed by atoms with Crippen molar-refractivity contribution in [2.45, 2.75) is 26.3 Å². The molecule has 5 heteroatoms. The lowest BCUT2D eigenvalue weighted by atomic mass is 10.0. The van der Waals surface area contributed by atoms with E-state index in [0.29, 0.717) is 17.7 Å². The predicted octanol–water partition coefficient (Wildman–Crippen LogP) is 2.29. The third-order valence-corrected chi connectivity index (χ3v) is 2.60. The van der Waals surface area contributed by atoms with E-state index in [1.165, 1.54) is 0 Å². The first kappa shape index (κ1) is 15.6. The maximum absolute atomic E-state index is 11.8. The lowest BCUT2D eigenvalue weighted by molar-refractivity contribution is -0.139. The van der Waals surface area contributed by atoms with Crippen molar-refractivity contribution >= 4 is 17.7 Å². The van der Waals surface area contributed by atoms with E-state index in [2.05, 4.69) is 16.6 Å². The Labute approximate surface area is 118 Å². The standard InChI is InChI=1S/C15H18N2O3/c1-4-11-6-5-7-12(9-11)16-15(20)17-13(14(18)19)8-10(2)3/h1,5-7,9-10,13H,8H2,2-3H3,(H,18,19)(H2,16,17,20). The summed E-state index contributed by atoms with van der Waals surface area (Å²) in [5, 5.41) is 14.0. The summed E-state index contributed by atoms with van der Waals surface area (Å²) >= 11 is 0. The SMILES string of the molecule is C#Cc1cccc(NC(=O)NC(CC(C)C)C(=O)O)c1. The molecule has 1 aromatic carbocycles. The van der Waals surface area contributed by atoms with Crippen molar-refractivity contribution in [2.75, 3.05) is 5.32 Å². The molecule has 0 heterocycles. The Balaban J connectivity index is 2.66. The third-order valence-electron chi connectivity index (χ3n) is 2.60. The van der Waals surface area contributed by atoms with Gasteiger partial charge in [-0.3, -0.25) is 0 Å². The maximum atomic E-state index is 11.8. The van der Waals surface area contributed by atoms with Crippen molar-refractivity contribution in [3.05, 3.63) is 29.8 Å². The fraction of sp³-hybridized carbons (Fsp3) is 0.333. The average Bonchev–Trinajstić information content (AvgIpc) is 2.37. The highest BCUT2D eigenvalue weighted by molar-refractivity contribution is 5.92. The first-order valence-corrected chi connectivity index (χ1v) is 6.29. The highest BCUT2D eigenvalue weighted by Gasteiger charge is 2.20. The van der Waals surface area contributed by atoms with Crippen molar-refractivity contribution < 1.29 is 14.7 Å². The minimum Gasteiger partial charge on any atom is -0.480 e. The largest absolute Gasteiger partial charge is 0.480 e. The van der Waals surface area contributed by atoms with Crippen LogP contribution >= 0.6 is 0 Å². The van der Waals surface area contributed by atoms with E-state index in [0.717, 1.165) is 0 Å². The van der Waals surface area contributed by atoms with Crippen LogP contribution in [-0.2, 0) is 4.79 Å². The second-order valence-electron chi connectivity index (χ2n) is 4.84. The van der Waals surface area contributed by atoms with Gasteiger partial charge in [-0.1, -0.05) is 25.8 Å². The minimum absolute atomic E-state index is 0.168. The molecule has 2 amide bonds. The number of nitrogens with one attached hydrogen (secondary N) is 2. The number of terminal acetylenes is 1. The molecule has 0 spiro atoms. The Kier molecular flexibility index (Phi) is 5.60. The molecular weight excluding hydrogens is 256 g/mol. The monoisotopic (exact) mass is 274 g/mol. The molecule has 0 aliphatic heterocycles. The van der Waals surface area contributed by atoms with Crippen LogP contribution in [0, 0.1) is 18.3 Å². The number of anilines is 1. The average molecular weight is 274 g/mol. The van der Waals surface area contributed by atoms with Crippen molar-refractivity contribution in [1.82, 2.24) is 5.32 Å². The van der Waals surface area contributed by atoms with Crippen LogP contribution in [0.25, 0.3) is 0 Å². The summed E-state index contributed by atoms with van der Waals surface area (Å²) in [5.41, 5.74) is 1.16. The number of carbonyl (C=O) groups excluding carboxylic acids is 1. The predicted molar refractivity (Wildman–Crippen MR) is 77.4 cm³/mol. The van der Waals surface area contributed by atoms with E-state index < -0.39 is 18.0 Å². The summed E-state index contributed by atoms with van der Waals surface area (Å²) in [4.78, 5) is 22.8. The van der Waals surface area contributed by atoms with Crippen molar-refractivity contribution in [3.8, 4) is 12.3 Å². The van der Waals surface area contributed by atoms with Crippen LogP contribution in [0.3, 0.4) is 0 Å². The third kappa shape index (κ3) is 5.02. The second-order valence-corrected chi connectivity index (χ2v) is 4.84. The Morgan fingerprint density at radius 2 is 2.10 bits per heavy atom. The van der Waals surface area contributed by atoms with Crippen LogP contribution < -0.4 is 10.6 Å². The van der Waals surface area contributed by atoms with Gasteiger partial charge in [0.15, 0.2) is 0 Å². The lowest BCUT2D eigenvalue weighted by Crippen LogP contribution is -2.43. The number of rotatable bonds is 5. The summed E-state index contributed by atoms with van der Waals surface area (Å²) in [7, 11) is 0. The van der Waals surface area contributed by atoms with E-state index in [9.17, 15) is 9.59 Å². The molecule has 1 aromatic rings. The van der Waals surface area contributed by atoms with Gasteiger partial charge in [-0.2, -0.15) is 0 Å². The lowest BCUT2D eigenvalue weighted by Gasteiger charge is -2.17. The van der Waals surface area contributed by atoms with Crippen molar-refractivity contribution in [2.24, 2.45) is 5.92 Å². The van der Waals surface area contributed by atoms with Gasteiger partial charge in [0, 0.05) is 11.3 Å². The highest BCUT2D eigenvalue weighted by atomic mass is 16.4. The van der Waals surface area contributed by atoms with Gasteiger partial charge in [0.25, 0.3) is 0 Å². The first-order chi connectivity index (χ1) is 9.42. The van der Waals surface area contributed by atoms with Crippen LogP contribution in [-0.4, -0.2) is 23.1 Å². The summed E-state index contributed by atoms with van der Waals surface area (Å²) in [6.45, 7) is 3.79. The number of hydrogen-bond acceptors (Lipinski definition) is 2. The Hall–Kier alpha value is -2.48. The van der Waals surface area contributed by atoms with E-state index in [1.807, 2.05) is 13.8 Å². The molecular formula is C15H18N2O3. The fourth-order valence-corrected chi connectivity index (χ4v) is 1.71. The van der Waals surface area contributed by atoms with Gasteiger partial charge in [-0.15, -0.1) is 6.42 Å². The summed E-state index contributed by atoms with van der Waals surface area (Å²) < 4.78 is 0. The van der Waals surface area contributed by atoms with Crippen LogP contribution in [0.5, 0.6) is 0 Å². The van der Waals surface area contributed by atoms with Crippen molar-refractivity contribution in [1.29, 1.82) is 0 Å². The Morgan fingerprint density at radius 3 is 2.65 bits per heavy atom. The molecule has 0 saturated carbocycles.